The van der Waals surface area contributed by atoms with Crippen LogP contribution in [0.25, 0.3) is 0 Å². The molecule has 4 rings (SSSR count). The first-order chi connectivity index (χ1) is 11.6. The number of benzene rings is 1. The number of hydrogen-bond donors (Lipinski definition) is 1. The van der Waals surface area contributed by atoms with Crippen molar-refractivity contribution in [2.45, 2.75) is 25.0 Å². The van der Waals surface area contributed by atoms with Gasteiger partial charge in [0.1, 0.15) is 17.3 Å². The van der Waals surface area contributed by atoms with Gasteiger partial charge in [-0.25, -0.2) is 4.79 Å². The summed E-state index contributed by atoms with van der Waals surface area (Å²) in [7, 11) is 0. The Morgan fingerprint density at radius 3 is 2.83 bits per heavy atom. The van der Waals surface area contributed by atoms with Crippen LogP contribution < -0.4 is 4.74 Å². The Morgan fingerprint density at radius 1 is 1.33 bits per heavy atom. The highest BCUT2D eigenvalue weighted by Gasteiger charge is 2.84. The van der Waals surface area contributed by atoms with E-state index in [4.69, 9.17) is 9.47 Å². The summed E-state index contributed by atoms with van der Waals surface area (Å²) in [5.74, 6) is -0.443. The number of fused-ring (bicyclic) bond motifs is 2. The highest BCUT2D eigenvalue weighted by molar-refractivity contribution is 7.12. The van der Waals surface area contributed by atoms with Gasteiger partial charge in [-0.05, 0) is 24.4 Å². The number of hydrogen-bond acceptors (Lipinski definition) is 6. The van der Waals surface area contributed by atoms with Gasteiger partial charge in [-0.2, -0.15) is 0 Å². The maximum Gasteiger partial charge on any atom is 0.351 e. The van der Waals surface area contributed by atoms with Crippen LogP contribution in [0.2, 0.25) is 0 Å². The molecule has 1 aromatic carbocycles. The van der Waals surface area contributed by atoms with Gasteiger partial charge >= 0.3 is 5.97 Å². The molecule has 124 valence electrons. The van der Waals surface area contributed by atoms with Crippen molar-refractivity contribution < 1.29 is 24.2 Å². The van der Waals surface area contributed by atoms with Gasteiger partial charge in [-0.3, -0.25) is 4.79 Å². The van der Waals surface area contributed by atoms with E-state index in [0.29, 0.717) is 16.2 Å². The lowest BCUT2D eigenvalue weighted by Gasteiger charge is -2.34. The second-order valence-corrected chi connectivity index (χ2v) is 6.99. The lowest BCUT2D eigenvalue weighted by Crippen LogP contribution is -2.46. The molecule has 2 heterocycles. The number of esters is 1. The third-order valence-corrected chi connectivity index (χ3v) is 5.71. The molecule has 0 amide bonds. The quantitative estimate of drug-likeness (QED) is 0.682. The normalized spacial score (nSPS) is 29.8. The minimum atomic E-state index is -1.45. The van der Waals surface area contributed by atoms with Crippen LogP contribution in [-0.2, 0) is 9.53 Å². The van der Waals surface area contributed by atoms with Gasteiger partial charge in [0.25, 0.3) is 0 Å². The zero-order valence-electron chi connectivity index (χ0n) is 13.0. The standard InChI is InChI=1S/C18H16O5S/c1-2-22-16(21)18-10-17(18,15(20)13-8-5-9-24-13)14(19)11-6-3-4-7-12(11)23-18/h3-9,14,19H,2,10H2,1H3/t14-,17-,18+/m1/s1. The van der Waals surface area contributed by atoms with E-state index < -0.39 is 23.1 Å². The molecule has 1 aliphatic heterocycles. The van der Waals surface area contributed by atoms with Gasteiger partial charge in [-0.1, -0.05) is 24.3 Å². The number of Topliss-reactive ketones (excluding diaryl/α,β-unsaturated/α-hetero) is 1. The first-order valence-electron chi connectivity index (χ1n) is 7.78. The third-order valence-electron chi connectivity index (χ3n) is 4.84. The molecule has 1 aliphatic carbocycles. The van der Waals surface area contributed by atoms with Crippen LogP contribution in [0.1, 0.15) is 34.7 Å². The van der Waals surface area contributed by atoms with E-state index in [2.05, 4.69) is 0 Å². The molecule has 24 heavy (non-hydrogen) atoms. The monoisotopic (exact) mass is 344 g/mol. The molecule has 5 nitrogen and oxygen atoms in total. The highest BCUT2D eigenvalue weighted by Crippen LogP contribution is 2.70. The molecular weight excluding hydrogens is 328 g/mol. The number of aliphatic hydroxyl groups is 1. The molecule has 3 atom stereocenters. The van der Waals surface area contributed by atoms with Crippen molar-refractivity contribution >= 4 is 23.1 Å². The van der Waals surface area contributed by atoms with Gasteiger partial charge in [0.15, 0.2) is 5.78 Å². The predicted molar refractivity (Wildman–Crippen MR) is 87.1 cm³/mol. The average molecular weight is 344 g/mol. The number of ether oxygens (including phenoxy) is 2. The number of ketones is 1. The molecule has 2 aromatic rings. The van der Waals surface area contributed by atoms with Crippen LogP contribution >= 0.6 is 11.3 Å². The second kappa shape index (κ2) is 5.16. The van der Waals surface area contributed by atoms with Gasteiger partial charge in [0.05, 0.1) is 11.5 Å². The Balaban J connectivity index is 1.85. The van der Waals surface area contributed by atoms with Crippen molar-refractivity contribution in [3.63, 3.8) is 0 Å². The Kier molecular flexibility index (Phi) is 3.30. The fourth-order valence-corrected chi connectivity index (χ4v) is 4.35. The van der Waals surface area contributed by atoms with Crippen LogP contribution in [-0.4, -0.2) is 29.1 Å². The van der Waals surface area contributed by atoms with Crippen molar-refractivity contribution in [2.75, 3.05) is 6.61 Å². The molecular formula is C18H16O5S. The maximum atomic E-state index is 13.1. The molecule has 1 fully saturated rings. The van der Waals surface area contributed by atoms with Crippen molar-refractivity contribution in [3.05, 3.63) is 52.2 Å². The molecule has 0 spiro atoms. The van der Waals surface area contributed by atoms with E-state index in [0.717, 1.165) is 0 Å². The van der Waals surface area contributed by atoms with E-state index >= 15 is 0 Å². The van der Waals surface area contributed by atoms with Crippen molar-refractivity contribution in [1.29, 1.82) is 0 Å². The predicted octanol–water partition coefficient (Wildman–Crippen LogP) is 2.75. The summed E-state index contributed by atoms with van der Waals surface area (Å²) in [6.45, 7) is 1.89. The zero-order chi connectivity index (χ0) is 16.9. The molecule has 1 N–H and O–H groups in total. The van der Waals surface area contributed by atoms with Gasteiger partial charge in [-0.15, -0.1) is 11.3 Å². The number of thiophene rings is 1. The minimum Gasteiger partial charge on any atom is -0.474 e. The van der Waals surface area contributed by atoms with Gasteiger partial charge in [0, 0.05) is 12.0 Å². The number of aliphatic hydroxyl groups excluding tert-OH is 1. The Hall–Kier alpha value is -2.18. The van der Waals surface area contributed by atoms with E-state index in [-0.39, 0.29) is 18.8 Å². The summed E-state index contributed by atoms with van der Waals surface area (Å²) >= 11 is 1.29. The topological polar surface area (TPSA) is 72.8 Å². The van der Waals surface area contributed by atoms with E-state index in [1.54, 1.807) is 48.7 Å². The molecule has 1 saturated carbocycles. The Bertz CT molecular complexity index is 815. The third kappa shape index (κ3) is 1.78. The first-order valence-corrected chi connectivity index (χ1v) is 8.66. The minimum absolute atomic E-state index is 0.116. The summed E-state index contributed by atoms with van der Waals surface area (Å²) in [4.78, 5) is 26.2. The second-order valence-electron chi connectivity index (χ2n) is 6.04. The summed E-state index contributed by atoms with van der Waals surface area (Å²) in [5.41, 5.74) is -2.24. The van der Waals surface area contributed by atoms with Crippen molar-refractivity contribution in [3.8, 4) is 5.75 Å². The van der Waals surface area contributed by atoms with Crippen LogP contribution in [0, 0.1) is 5.41 Å². The summed E-state index contributed by atoms with van der Waals surface area (Å²) in [6, 6.07) is 10.4. The zero-order valence-corrected chi connectivity index (χ0v) is 13.8. The number of carbonyl (C=O) groups excluding carboxylic acids is 2. The Morgan fingerprint density at radius 2 is 2.12 bits per heavy atom. The summed E-state index contributed by atoms with van der Waals surface area (Å²) in [6.07, 6.45) is -0.993. The molecule has 6 heteroatoms. The molecule has 0 radical (unpaired) electrons. The largest absolute Gasteiger partial charge is 0.474 e. The first kappa shape index (κ1) is 15.4. The van der Waals surface area contributed by atoms with Crippen molar-refractivity contribution in [2.24, 2.45) is 5.41 Å². The SMILES string of the molecule is CCOC(=O)[C@@]12C[C@]1(C(=O)c1cccs1)[C@H](O)c1ccccc1O2. The molecule has 0 bridgehead atoms. The fourth-order valence-electron chi connectivity index (χ4n) is 3.60. The lowest BCUT2D eigenvalue weighted by molar-refractivity contribution is -0.158. The van der Waals surface area contributed by atoms with Crippen LogP contribution in [0.15, 0.2) is 41.8 Å². The lowest BCUT2D eigenvalue weighted by atomic mass is 9.82. The van der Waals surface area contributed by atoms with Crippen LogP contribution in [0.3, 0.4) is 0 Å². The smallest absolute Gasteiger partial charge is 0.351 e. The van der Waals surface area contributed by atoms with Crippen molar-refractivity contribution in [1.82, 2.24) is 0 Å². The number of carbonyl (C=O) groups is 2. The summed E-state index contributed by atoms with van der Waals surface area (Å²) in [5, 5.41) is 12.8. The number of para-hydroxylation sites is 1. The molecule has 0 saturated heterocycles. The highest BCUT2D eigenvalue weighted by atomic mass is 32.1. The molecule has 1 aromatic heterocycles. The van der Waals surface area contributed by atoms with Crippen LogP contribution in [0.5, 0.6) is 5.75 Å². The van der Waals surface area contributed by atoms with E-state index in [1.165, 1.54) is 11.3 Å². The fraction of sp³-hybridized carbons (Fsp3) is 0.333. The van der Waals surface area contributed by atoms with Gasteiger partial charge in [0.2, 0.25) is 5.60 Å². The molecule has 0 unspecified atom stereocenters. The average Bonchev–Trinajstić information content (AvgIpc) is 3.00. The Labute approximate surface area is 142 Å². The summed E-state index contributed by atoms with van der Waals surface area (Å²) < 4.78 is 11.1. The maximum absolute atomic E-state index is 13.1. The van der Waals surface area contributed by atoms with Gasteiger partial charge < -0.3 is 14.6 Å². The molecule has 2 aliphatic rings. The van der Waals surface area contributed by atoms with E-state index in [1.807, 2.05) is 0 Å². The van der Waals surface area contributed by atoms with Crippen LogP contribution in [0.4, 0.5) is 0 Å². The van der Waals surface area contributed by atoms with E-state index in [9.17, 15) is 14.7 Å². The number of rotatable bonds is 4.